The third-order valence-corrected chi connectivity index (χ3v) is 4.55. The second kappa shape index (κ2) is 9.55. The Balaban J connectivity index is 1.53. The summed E-state index contributed by atoms with van der Waals surface area (Å²) in [6.07, 6.45) is 8.14. The largest absolute Gasteiger partial charge is 0.377 e. The van der Waals surface area contributed by atoms with Crippen LogP contribution in [0.3, 0.4) is 0 Å². The van der Waals surface area contributed by atoms with Gasteiger partial charge in [-0.2, -0.15) is 0 Å². The van der Waals surface area contributed by atoms with Crippen LogP contribution in [0.25, 0.3) is 0 Å². The minimum atomic E-state index is 0.341. The smallest absolute Gasteiger partial charge is 0.0603 e. The molecule has 126 valence electrons. The molecule has 0 radical (unpaired) electrons. The lowest BCUT2D eigenvalue weighted by Gasteiger charge is -2.38. The van der Waals surface area contributed by atoms with Crippen molar-refractivity contribution in [3.8, 4) is 11.8 Å². The van der Waals surface area contributed by atoms with Gasteiger partial charge in [0.15, 0.2) is 0 Å². The van der Waals surface area contributed by atoms with Crippen molar-refractivity contribution in [2.75, 3.05) is 26.2 Å². The van der Waals surface area contributed by atoms with Gasteiger partial charge in [0.2, 0.25) is 0 Å². The average Bonchev–Trinajstić information content (AvgIpc) is 2.46. The van der Waals surface area contributed by atoms with E-state index in [1.807, 2.05) is 0 Å². The zero-order chi connectivity index (χ0) is 15.8. The molecule has 0 bridgehead atoms. The monoisotopic (exact) mass is 307 g/mol. The lowest BCUT2D eigenvalue weighted by Crippen LogP contribution is -2.42. The van der Waals surface area contributed by atoms with Crippen LogP contribution < -0.4 is 0 Å². The number of likely N-dealkylation sites (tertiary alicyclic amines) is 1. The summed E-state index contributed by atoms with van der Waals surface area (Å²) in [5.41, 5.74) is 0. The van der Waals surface area contributed by atoms with Crippen LogP contribution in [0.4, 0.5) is 0 Å². The second-order valence-electron chi connectivity index (χ2n) is 6.96. The molecule has 0 unspecified atom stereocenters. The van der Waals surface area contributed by atoms with E-state index in [9.17, 15) is 0 Å². The number of piperidine rings is 1. The molecule has 2 rings (SSSR count). The number of rotatable bonds is 7. The van der Waals surface area contributed by atoms with Gasteiger partial charge >= 0.3 is 0 Å². The molecule has 0 N–H and O–H groups in total. The topological polar surface area (TPSA) is 21.7 Å². The van der Waals surface area contributed by atoms with Gasteiger partial charge in [0.05, 0.1) is 24.9 Å². The molecule has 2 fully saturated rings. The summed E-state index contributed by atoms with van der Waals surface area (Å²) in [6, 6.07) is 0. The molecule has 0 amide bonds. The van der Waals surface area contributed by atoms with Crippen molar-refractivity contribution in [3.05, 3.63) is 0 Å². The van der Waals surface area contributed by atoms with E-state index in [0.29, 0.717) is 24.2 Å². The quantitative estimate of drug-likeness (QED) is 0.672. The zero-order valence-corrected chi connectivity index (χ0v) is 14.6. The molecule has 0 atom stereocenters. The molecule has 1 heterocycles. The number of hydrogen-bond donors (Lipinski definition) is 0. The highest BCUT2D eigenvalue weighted by Gasteiger charge is 2.31. The molecule has 0 spiro atoms. The van der Waals surface area contributed by atoms with Crippen LogP contribution in [-0.2, 0) is 9.47 Å². The maximum atomic E-state index is 6.23. The van der Waals surface area contributed by atoms with E-state index < -0.39 is 0 Å². The summed E-state index contributed by atoms with van der Waals surface area (Å²) in [7, 11) is 0. The van der Waals surface area contributed by atoms with Gasteiger partial charge in [0.1, 0.15) is 0 Å². The normalized spacial score (nSPS) is 26.5. The number of unbranched alkanes of at least 4 members (excludes halogenated alkanes) is 1. The highest BCUT2D eigenvalue weighted by Crippen LogP contribution is 2.32. The summed E-state index contributed by atoms with van der Waals surface area (Å²) in [5, 5.41) is 0. The van der Waals surface area contributed by atoms with E-state index in [0.717, 1.165) is 45.5 Å². The molecule has 3 heteroatoms. The third kappa shape index (κ3) is 6.28. The van der Waals surface area contributed by atoms with Crippen molar-refractivity contribution < 1.29 is 9.47 Å². The predicted octanol–water partition coefficient (Wildman–Crippen LogP) is 3.47. The van der Waals surface area contributed by atoms with Gasteiger partial charge in [-0.15, -0.1) is 5.92 Å². The van der Waals surface area contributed by atoms with Crippen LogP contribution in [0.15, 0.2) is 0 Å². The fourth-order valence-corrected chi connectivity index (χ4v) is 3.09. The molecule has 1 aliphatic heterocycles. The minimum absolute atomic E-state index is 0.341. The Labute approximate surface area is 136 Å². The standard InChI is InChI=1S/C19H33NO2/c1-4-5-6-7-17-14-19(15-17)22-18-8-10-20(11-9-18)12-13-21-16(2)3/h16-19H,4-5,8-15H2,1-3H3. The van der Waals surface area contributed by atoms with E-state index >= 15 is 0 Å². The summed E-state index contributed by atoms with van der Waals surface area (Å²) in [4.78, 5) is 2.50. The molecule has 1 saturated carbocycles. The molecule has 0 aromatic heterocycles. The lowest BCUT2D eigenvalue weighted by atomic mass is 9.82. The Kier molecular flexibility index (Phi) is 7.72. The highest BCUT2D eigenvalue weighted by molar-refractivity contribution is 5.08. The predicted molar refractivity (Wildman–Crippen MR) is 90.8 cm³/mol. The van der Waals surface area contributed by atoms with Crippen LogP contribution in [0.2, 0.25) is 0 Å². The van der Waals surface area contributed by atoms with Crippen molar-refractivity contribution in [2.45, 2.75) is 77.6 Å². The SMILES string of the molecule is CCCC#CC1CC(OC2CCN(CCOC(C)C)CC2)C1. The molecule has 22 heavy (non-hydrogen) atoms. The molecule has 2 aliphatic rings. The van der Waals surface area contributed by atoms with Gasteiger partial charge in [-0.05, 0) is 46.0 Å². The first-order valence-corrected chi connectivity index (χ1v) is 9.15. The molecule has 3 nitrogen and oxygen atoms in total. The molecular weight excluding hydrogens is 274 g/mol. The number of hydrogen-bond acceptors (Lipinski definition) is 3. The van der Waals surface area contributed by atoms with Gasteiger partial charge in [-0.3, -0.25) is 0 Å². The average molecular weight is 307 g/mol. The van der Waals surface area contributed by atoms with Crippen molar-refractivity contribution >= 4 is 0 Å². The summed E-state index contributed by atoms with van der Waals surface area (Å²) in [5.74, 6) is 7.25. The van der Waals surface area contributed by atoms with Crippen molar-refractivity contribution in [3.63, 3.8) is 0 Å². The van der Waals surface area contributed by atoms with E-state index in [4.69, 9.17) is 9.47 Å². The Morgan fingerprint density at radius 2 is 1.86 bits per heavy atom. The van der Waals surface area contributed by atoms with Crippen LogP contribution in [0, 0.1) is 17.8 Å². The number of nitrogens with zero attached hydrogens (tertiary/aromatic N) is 1. The van der Waals surface area contributed by atoms with E-state index in [-0.39, 0.29) is 0 Å². The Morgan fingerprint density at radius 1 is 1.14 bits per heavy atom. The van der Waals surface area contributed by atoms with Crippen molar-refractivity contribution in [1.29, 1.82) is 0 Å². The maximum absolute atomic E-state index is 6.23. The third-order valence-electron chi connectivity index (χ3n) is 4.55. The van der Waals surface area contributed by atoms with Crippen LogP contribution in [0.5, 0.6) is 0 Å². The Bertz CT molecular complexity index is 357. The molecule has 1 saturated heterocycles. The van der Waals surface area contributed by atoms with Gasteiger partial charge in [-0.25, -0.2) is 0 Å². The fourth-order valence-electron chi connectivity index (χ4n) is 3.09. The van der Waals surface area contributed by atoms with E-state index in [2.05, 4.69) is 37.5 Å². The lowest BCUT2D eigenvalue weighted by molar-refractivity contribution is -0.0862. The summed E-state index contributed by atoms with van der Waals surface area (Å²) < 4.78 is 11.9. The van der Waals surface area contributed by atoms with Gasteiger partial charge in [0, 0.05) is 32.0 Å². The molecule has 1 aliphatic carbocycles. The van der Waals surface area contributed by atoms with Gasteiger partial charge in [-0.1, -0.05) is 12.8 Å². The minimum Gasteiger partial charge on any atom is -0.377 e. The second-order valence-corrected chi connectivity index (χ2v) is 6.96. The molecule has 0 aromatic carbocycles. The maximum Gasteiger partial charge on any atom is 0.0603 e. The van der Waals surface area contributed by atoms with Gasteiger partial charge in [0.25, 0.3) is 0 Å². The number of ether oxygens (including phenoxy) is 2. The zero-order valence-electron chi connectivity index (χ0n) is 14.6. The van der Waals surface area contributed by atoms with Crippen molar-refractivity contribution in [2.24, 2.45) is 5.92 Å². The first kappa shape index (κ1) is 17.8. The van der Waals surface area contributed by atoms with E-state index in [1.54, 1.807) is 0 Å². The van der Waals surface area contributed by atoms with E-state index in [1.165, 1.54) is 19.3 Å². The van der Waals surface area contributed by atoms with Gasteiger partial charge < -0.3 is 14.4 Å². The first-order valence-electron chi connectivity index (χ1n) is 9.15. The van der Waals surface area contributed by atoms with Crippen LogP contribution >= 0.6 is 0 Å². The molecule has 0 aromatic rings. The van der Waals surface area contributed by atoms with Crippen LogP contribution in [0.1, 0.15) is 59.3 Å². The van der Waals surface area contributed by atoms with Crippen molar-refractivity contribution in [1.82, 2.24) is 4.90 Å². The Hall–Kier alpha value is -0.560. The first-order chi connectivity index (χ1) is 10.7. The summed E-state index contributed by atoms with van der Waals surface area (Å²) in [6.45, 7) is 10.6. The van der Waals surface area contributed by atoms with Crippen LogP contribution in [-0.4, -0.2) is 49.5 Å². The molecular formula is C19H33NO2. The highest BCUT2D eigenvalue weighted by atomic mass is 16.5. The summed E-state index contributed by atoms with van der Waals surface area (Å²) >= 11 is 0. The fraction of sp³-hybridized carbons (Fsp3) is 0.895. The Morgan fingerprint density at radius 3 is 2.50 bits per heavy atom.